The monoisotopic (exact) mass is 356 g/mol. The van der Waals surface area contributed by atoms with Crippen LogP contribution < -0.4 is 15.5 Å². The van der Waals surface area contributed by atoms with E-state index in [0.717, 1.165) is 43.9 Å². The van der Waals surface area contributed by atoms with Gasteiger partial charge in [-0.05, 0) is 50.8 Å². The molecule has 0 spiro atoms. The van der Waals surface area contributed by atoms with Crippen LogP contribution in [-0.4, -0.2) is 46.7 Å². The van der Waals surface area contributed by atoms with Crippen molar-refractivity contribution in [2.45, 2.75) is 44.7 Å². The first-order chi connectivity index (χ1) is 12.8. The van der Waals surface area contributed by atoms with Crippen LogP contribution in [0.25, 0.3) is 11.4 Å². The molecule has 2 aliphatic heterocycles. The fourth-order valence-corrected chi connectivity index (χ4v) is 3.47. The number of hydrogen-bond acceptors (Lipinski definition) is 7. The molecule has 2 aromatic rings. The SMILES string of the molecule is O=C(NCc1nc(-c2ccc(N3CCCCC3)nc2)no1)C1CCCN1. The number of nitrogens with zero attached hydrogens (tertiary/aromatic N) is 4. The Bertz CT molecular complexity index is 732. The number of carbonyl (C=O) groups is 1. The van der Waals surface area contributed by atoms with E-state index in [-0.39, 0.29) is 18.5 Å². The maximum Gasteiger partial charge on any atom is 0.246 e. The van der Waals surface area contributed by atoms with Gasteiger partial charge >= 0.3 is 0 Å². The Balaban J connectivity index is 1.35. The number of nitrogens with one attached hydrogen (secondary N) is 2. The minimum atomic E-state index is -0.107. The zero-order valence-corrected chi connectivity index (χ0v) is 14.8. The van der Waals surface area contributed by atoms with Crippen LogP contribution in [0.3, 0.4) is 0 Å². The average molecular weight is 356 g/mol. The Hall–Kier alpha value is -2.48. The first-order valence-corrected chi connectivity index (χ1v) is 9.35. The van der Waals surface area contributed by atoms with Gasteiger partial charge in [-0.2, -0.15) is 4.98 Å². The third-order valence-electron chi connectivity index (χ3n) is 4.94. The van der Waals surface area contributed by atoms with E-state index in [2.05, 4.69) is 30.7 Å². The van der Waals surface area contributed by atoms with Crippen molar-refractivity contribution >= 4 is 11.7 Å². The lowest BCUT2D eigenvalue weighted by molar-refractivity contribution is -0.123. The number of aromatic nitrogens is 3. The molecule has 2 aromatic heterocycles. The highest BCUT2D eigenvalue weighted by Crippen LogP contribution is 2.21. The second kappa shape index (κ2) is 7.82. The van der Waals surface area contributed by atoms with Gasteiger partial charge in [-0.3, -0.25) is 4.79 Å². The quantitative estimate of drug-likeness (QED) is 0.838. The Morgan fingerprint density at radius 1 is 1.27 bits per heavy atom. The predicted octanol–water partition coefficient (Wildman–Crippen LogP) is 1.49. The zero-order chi connectivity index (χ0) is 17.8. The summed E-state index contributed by atoms with van der Waals surface area (Å²) in [4.78, 5) is 23.2. The molecule has 0 bridgehead atoms. The predicted molar refractivity (Wildman–Crippen MR) is 96.5 cm³/mol. The first-order valence-electron chi connectivity index (χ1n) is 9.35. The van der Waals surface area contributed by atoms with E-state index < -0.39 is 0 Å². The van der Waals surface area contributed by atoms with Gasteiger partial charge in [-0.1, -0.05) is 5.16 Å². The molecule has 4 heterocycles. The standard InChI is InChI=1S/C18H24N6O2/c25-18(14-5-4-8-19-14)21-12-16-22-17(23-26-16)13-6-7-15(20-11-13)24-9-2-1-3-10-24/h6-7,11,14,19H,1-5,8-10,12H2,(H,21,25). The molecule has 2 N–H and O–H groups in total. The van der Waals surface area contributed by atoms with E-state index in [4.69, 9.17) is 4.52 Å². The van der Waals surface area contributed by atoms with E-state index in [1.165, 1.54) is 19.3 Å². The molecule has 2 saturated heterocycles. The molecule has 0 saturated carbocycles. The molecule has 2 fully saturated rings. The molecular weight excluding hydrogens is 332 g/mol. The summed E-state index contributed by atoms with van der Waals surface area (Å²) in [5.74, 6) is 1.86. The van der Waals surface area contributed by atoms with Crippen molar-refractivity contribution in [3.05, 3.63) is 24.2 Å². The van der Waals surface area contributed by atoms with Crippen molar-refractivity contribution in [3.8, 4) is 11.4 Å². The number of pyridine rings is 1. The minimum Gasteiger partial charge on any atom is -0.357 e. The smallest absolute Gasteiger partial charge is 0.246 e. The Kier molecular flexibility index (Phi) is 5.10. The number of carbonyl (C=O) groups excluding carboxylic acids is 1. The molecule has 1 unspecified atom stereocenters. The van der Waals surface area contributed by atoms with Gasteiger partial charge in [0, 0.05) is 24.8 Å². The number of piperidine rings is 1. The molecule has 2 aliphatic rings. The van der Waals surface area contributed by atoms with Crippen molar-refractivity contribution in [3.63, 3.8) is 0 Å². The highest BCUT2D eigenvalue weighted by molar-refractivity contribution is 5.81. The average Bonchev–Trinajstić information content (AvgIpc) is 3.39. The summed E-state index contributed by atoms with van der Waals surface area (Å²) < 4.78 is 5.24. The number of rotatable bonds is 5. The fraction of sp³-hybridized carbons (Fsp3) is 0.556. The van der Waals surface area contributed by atoms with Gasteiger partial charge in [0.15, 0.2) is 0 Å². The minimum absolute atomic E-state index is 0.0187. The van der Waals surface area contributed by atoms with E-state index in [1.807, 2.05) is 12.1 Å². The highest BCUT2D eigenvalue weighted by atomic mass is 16.5. The van der Waals surface area contributed by atoms with Crippen molar-refractivity contribution in [2.24, 2.45) is 0 Å². The van der Waals surface area contributed by atoms with Gasteiger partial charge < -0.3 is 20.1 Å². The Labute approximate surface area is 152 Å². The largest absolute Gasteiger partial charge is 0.357 e. The number of amides is 1. The van der Waals surface area contributed by atoms with Crippen molar-refractivity contribution in [2.75, 3.05) is 24.5 Å². The normalized spacial score (nSPS) is 20.3. The highest BCUT2D eigenvalue weighted by Gasteiger charge is 2.22. The van der Waals surface area contributed by atoms with E-state index in [1.54, 1.807) is 6.20 Å². The summed E-state index contributed by atoms with van der Waals surface area (Å²) >= 11 is 0. The van der Waals surface area contributed by atoms with Crippen LogP contribution in [-0.2, 0) is 11.3 Å². The molecule has 4 rings (SSSR count). The molecule has 0 aliphatic carbocycles. The van der Waals surface area contributed by atoms with Gasteiger partial charge in [0.05, 0.1) is 12.6 Å². The summed E-state index contributed by atoms with van der Waals surface area (Å²) in [5, 5.41) is 10.0. The van der Waals surface area contributed by atoms with Gasteiger partial charge in [-0.15, -0.1) is 0 Å². The van der Waals surface area contributed by atoms with Crippen LogP contribution in [0, 0.1) is 0 Å². The van der Waals surface area contributed by atoms with Gasteiger partial charge in [0.2, 0.25) is 17.6 Å². The van der Waals surface area contributed by atoms with Crippen LogP contribution in [0.2, 0.25) is 0 Å². The van der Waals surface area contributed by atoms with E-state index in [0.29, 0.717) is 11.7 Å². The van der Waals surface area contributed by atoms with E-state index >= 15 is 0 Å². The topological polar surface area (TPSA) is 96.2 Å². The summed E-state index contributed by atoms with van der Waals surface area (Å²) in [7, 11) is 0. The summed E-state index contributed by atoms with van der Waals surface area (Å²) in [6.45, 7) is 3.26. The number of hydrogen-bond donors (Lipinski definition) is 2. The van der Waals surface area contributed by atoms with Crippen molar-refractivity contribution < 1.29 is 9.32 Å². The molecule has 26 heavy (non-hydrogen) atoms. The second-order valence-electron chi connectivity index (χ2n) is 6.83. The second-order valence-corrected chi connectivity index (χ2v) is 6.83. The van der Waals surface area contributed by atoms with Gasteiger partial charge in [0.1, 0.15) is 5.82 Å². The maximum absolute atomic E-state index is 12.0. The molecule has 8 nitrogen and oxygen atoms in total. The van der Waals surface area contributed by atoms with Crippen molar-refractivity contribution in [1.82, 2.24) is 25.8 Å². The maximum atomic E-state index is 12.0. The Morgan fingerprint density at radius 2 is 2.15 bits per heavy atom. The third-order valence-corrected chi connectivity index (χ3v) is 4.94. The van der Waals surface area contributed by atoms with Gasteiger partial charge in [0.25, 0.3) is 0 Å². The summed E-state index contributed by atoms with van der Waals surface area (Å²) in [6, 6.07) is 3.86. The van der Waals surface area contributed by atoms with Crippen LogP contribution in [0.4, 0.5) is 5.82 Å². The van der Waals surface area contributed by atoms with Crippen molar-refractivity contribution in [1.29, 1.82) is 0 Å². The lowest BCUT2D eigenvalue weighted by atomic mass is 10.1. The molecule has 138 valence electrons. The number of anilines is 1. The molecule has 0 aromatic carbocycles. The van der Waals surface area contributed by atoms with Crippen LogP contribution in [0.1, 0.15) is 38.0 Å². The van der Waals surface area contributed by atoms with E-state index in [9.17, 15) is 4.79 Å². The third kappa shape index (κ3) is 3.85. The van der Waals surface area contributed by atoms with Crippen LogP contribution in [0.5, 0.6) is 0 Å². The Morgan fingerprint density at radius 3 is 2.88 bits per heavy atom. The lowest BCUT2D eigenvalue weighted by Crippen LogP contribution is -2.40. The fourth-order valence-electron chi connectivity index (χ4n) is 3.47. The first kappa shape index (κ1) is 17.0. The zero-order valence-electron chi connectivity index (χ0n) is 14.8. The molecule has 8 heteroatoms. The van der Waals surface area contributed by atoms with Gasteiger partial charge in [-0.25, -0.2) is 4.98 Å². The molecular formula is C18H24N6O2. The summed E-state index contributed by atoms with van der Waals surface area (Å²) in [5.41, 5.74) is 0.810. The molecule has 1 amide bonds. The lowest BCUT2D eigenvalue weighted by Gasteiger charge is -2.27. The molecule has 1 atom stereocenters. The summed E-state index contributed by atoms with van der Waals surface area (Å²) in [6.07, 6.45) is 7.42. The van der Waals surface area contributed by atoms with Crippen LogP contribution in [0.15, 0.2) is 22.9 Å². The molecule has 0 radical (unpaired) electrons. The van der Waals surface area contributed by atoms with Crippen LogP contribution >= 0.6 is 0 Å².